The molecule has 0 aliphatic carbocycles. The number of rotatable bonds is 8. The van der Waals surface area contributed by atoms with Crippen LogP contribution in [-0.2, 0) is 12.8 Å². The molecule has 0 aliphatic rings. The number of fused-ring (bicyclic) bond motifs is 1. The van der Waals surface area contributed by atoms with Crippen LogP contribution in [0.3, 0.4) is 0 Å². The van der Waals surface area contributed by atoms with E-state index in [4.69, 9.17) is 4.74 Å². The summed E-state index contributed by atoms with van der Waals surface area (Å²) in [5.41, 5.74) is 2.07. The number of aromatic nitrogens is 3. The zero-order chi connectivity index (χ0) is 18.9. The van der Waals surface area contributed by atoms with Crippen molar-refractivity contribution in [3.05, 3.63) is 60.0 Å². The van der Waals surface area contributed by atoms with Gasteiger partial charge in [-0.15, -0.1) is 34.2 Å². The maximum Gasteiger partial charge on any atom is 0.190 e. The Balaban J connectivity index is 0.00000280. The zero-order valence-corrected chi connectivity index (χ0v) is 18.6. The molecular formula is C20H27IN6O. The predicted octanol–water partition coefficient (Wildman–Crippen LogP) is 2.70. The molecule has 0 spiro atoms. The van der Waals surface area contributed by atoms with Gasteiger partial charge in [0.1, 0.15) is 11.6 Å². The summed E-state index contributed by atoms with van der Waals surface area (Å²) in [5.74, 6) is 2.70. The van der Waals surface area contributed by atoms with Gasteiger partial charge in [-0.25, -0.2) is 0 Å². The summed E-state index contributed by atoms with van der Waals surface area (Å²) >= 11 is 0. The Kier molecular flexibility index (Phi) is 8.99. The average Bonchev–Trinajstić information content (AvgIpc) is 3.13. The third kappa shape index (κ3) is 5.82. The number of nitrogens with one attached hydrogen (secondary N) is 2. The molecule has 28 heavy (non-hydrogen) atoms. The number of nitrogens with zero attached hydrogens (tertiary/aromatic N) is 4. The summed E-state index contributed by atoms with van der Waals surface area (Å²) in [4.78, 5) is 4.28. The molecule has 0 saturated carbocycles. The van der Waals surface area contributed by atoms with E-state index in [1.54, 1.807) is 14.2 Å². The molecule has 0 saturated heterocycles. The fourth-order valence-electron chi connectivity index (χ4n) is 2.96. The lowest BCUT2D eigenvalue weighted by molar-refractivity contribution is 0.409. The summed E-state index contributed by atoms with van der Waals surface area (Å²) in [6, 6.07) is 14.0. The molecule has 1 aromatic carbocycles. The van der Waals surface area contributed by atoms with Crippen LogP contribution >= 0.6 is 24.0 Å². The topological polar surface area (TPSA) is 75.8 Å². The van der Waals surface area contributed by atoms with Gasteiger partial charge < -0.3 is 15.4 Å². The van der Waals surface area contributed by atoms with E-state index in [-0.39, 0.29) is 24.0 Å². The van der Waals surface area contributed by atoms with Crippen molar-refractivity contribution in [3.63, 3.8) is 0 Å². The molecule has 0 amide bonds. The first kappa shape index (κ1) is 21.9. The van der Waals surface area contributed by atoms with Crippen LogP contribution in [0.1, 0.15) is 17.8 Å². The SMILES string of the molecule is CN=C(NCCCc1nnc2ccccn12)NCCc1ccccc1OC.I. The molecule has 3 rings (SSSR count). The number of para-hydroxylation sites is 1. The van der Waals surface area contributed by atoms with E-state index in [1.165, 1.54) is 5.56 Å². The monoisotopic (exact) mass is 494 g/mol. The first-order chi connectivity index (χ1) is 13.3. The fraction of sp³-hybridized carbons (Fsp3) is 0.350. The highest BCUT2D eigenvalue weighted by atomic mass is 127. The Morgan fingerprint density at radius 3 is 2.64 bits per heavy atom. The Morgan fingerprint density at radius 1 is 1.04 bits per heavy atom. The van der Waals surface area contributed by atoms with E-state index in [2.05, 4.69) is 31.9 Å². The molecule has 0 aliphatic heterocycles. The van der Waals surface area contributed by atoms with E-state index in [9.17, 15) is 0 Å². The van der Waals surface area contributed by atoms with Crippen LogP contribution in [0.15, 0.2) is 53.7 Å². The summed E-state index contributed by atoms with van der Waals surface area (Å²) in [6.07, 6.45) is 4.67. The second kappa shape index (κ2) is 11.5. The molecular weight excluding hydrogens is 467 g/mol. The van der Waals surface area contributed by atoms with Crippen molar-refractivity contribution in [1.29, 1.82) is 0 Å². The van der Waals surface area contributed by atoms with Gasteiger partial charge in [-0.3, -0.25) is 9.39 Å². The van der Waals surface area contributed by atoms with Crippen LogP contribution in [-0.4, -0.2) is 47.8 Å². The molecule has 150 valence electrons. The second-order valence-corrected chi connectivity index (χ2v) is 6.14. The first-order valence-electron chi connectivity index (χ1n) is 9.17. The van der Waals surface area contributed by atoms with Crippen molar-refractivity contribution in [2.24, 2.45) is 4.99 Å². The molecule has 2 aromatic heterocycles. The van der Waals surface area contributed by atoms with Gasteiger partial charge in [-0.1, -0.05) is 24.3 Å². The molecule has 0 unspecified atom stereocenters. The van der Waals surface area contributed by atoms with Gasteiger partial charge in [0.2, 0.25) is 0 Å². The third-order valence-electron chi connectivity index (χ3n) is 4.36. The van der Waals surface area contributed by atoms with Crippen LogP contribution in [0.2, 0.25) is 0 Å². The Bertz CT molecular complexity index is 895. The summed E-state index contributed by atoms with van der Waals surface area (Å²) in [6.45, 7) is 1.60. The van der Waals surface area contributed by atoms with E-state index in [0.29, 0.717) is 0 Å². The molecule has 0 bridgehead atoms. The molecule has 8 heteroatoms. The van der Waals surface area contributed by atoms with Gasteiger partial charge in [-0.2, -0.15) is 0 Å². The minimum absolute atomic E-state index is 0. The number of ether oxygens (including phenoxy) is 1. The smallest absolute Gasteiger partial charge is 0.190 e. The van der Waals surface area contributed by atoms with Gasteiger partial charge in [0.05, 0.1) is 7.11 Å². The minimum Gasteiger partial charge on any atom is -0.496 e. The number of methoxy groups -OCH3 is 1. The maximum atomic E-state index is 5.39. The minimum atomic E-state index is 0. The fourth-order valence-corrected chi connectivity index (χ4v) is 2.96. The maximum absolute atomic E-state index is 5.39. The van der Waals surface area contributed by atoms with Crippen molar-refractivity contribution in [1.82, 2.24) is 25.2 Å². The standard InChI is InChI=1S/C20H26N6O.HI/c1-21-20(23-14-12-16-8-3-4-9-17(16)27-2)22-13-7-11-19-25-24-18-10-5-6-15-26(18)19;/h3-6,8-10,15H,7,11-14H2,1-2H3,(H2,21,22,23);1H. The summed E-state index contributed by atoms with van der Waals surface area (Å²) < 4.78 is 7.42. The highest BCUT2D eigenvalue weighted by molar-refractivity contribution is 14.0. The van der Waals surface area contributed by atoms with E-state index >= 15 is 0 Å². The molecule has 0 radical (unpaired) electrons. The second-order valence-electron chi connectivity index (χ2n) is 6.14. The van der Waals surface area contributed by atoms with Crippen LogP contribution in [0.5, 0.6) is 5.75 Å². The van der Waals surface area contributed by atoms with Crippen LogP contribution in [0, 0.1) is 0 Å². The summed E-state index contributed by atoms with van der Waals surface area (Å²) in [5, 5.41) is 15.1. The van der Waals surface area contributed by atoms with Gasteiger partial charge in [0, 0.05) is 32.8 Å². The van der Waals surface area contributed by atoms with E-state index in [1.807, 2.05) is 47.0 Å². The molecule has 7 nitrogen and oxygen atoms in total. The zero-order valence-electron chi connectivity index (χ0n) is 16.3. The number of aryl methyl sites for hydroxylation is 1. The quantitative estimate of drug-likeness (QED) is 0.218. The van der Waals surface area contributed by atoms with Crippen LogP contribution in [0.4, 0.5) is 0 Å². The number of pyridine rings is 1. The molecule has 0 atom stereocenters. The Labute approximate surface area is 182 Å². The van der Waals surface area contributed by atoms with Crippen molar-refractivity contribution >= 4 is 35.6 Å². The number of guanidine groups is 1. The summed E-state index contributed by atoms with van der Waals surface area (Å²) in [7, 11) is 3.48. The molecule has 0 fully saturated rings. The largest absolute Gasteiger partial charge is 0.496 e. The van der Waals surface area contributed by atoms with Crippen molar-refractivity contribution in [2.75, 3.05) is 27.2 Å². The lowest BCUT2D eigenvalue weighted by Crippen LogP contribution is -2.38. The van der Waals surface area contributed by atoms with Gasteiger partial charge in [0.15, 0.2) is 11.6 Å². The highest BCUT2D eigenvalue weighted by Crippen LogP contribution is 2.17. The van der Waals surface area contributed by atoms with Crippen LogP contribution in [0.25, 0.3) is 5.65 Å². The van der Waals surface area contributed by atoms with Gasteiger partial charge in [-0.05, 0) is 36.6 Å². The highest BCUT2D eigenvalue weighted by Gasteiger charge is 2.05. The third-order valence-corrected chi connectivity index (χ3v) is 4.36. The number of halogens is 1. The van der Waals surface area contributed by atoms with Crippen molar-refractivity contribution in [2.45, 2.75) is 19.3 Å². The number of aliphatic imine (C=N–C) groups is 1. The number of hydrogen-bond acceptors (Lipinski definition) is 4. The first-order valence-corrected chi connectivity index (χ1v) is 9.17. The van der Waals surface area contributed by atoms with E-state index in [0.717, 1.165) is 55.5 Å². The Hall–Kier alpha value is -2.36. The predicted molar refractivity (Wildman–Crippen MR) is 123 cm³/mol. The molecule has 2 heterocycles. The van der Waals surface area contributed by atoms with Crippen molar-refractivity contribution < 1.29 is 4.74 Å². The van der Waals surface area contributed by atoms with Gasteiger partial charge in [0.25, 0.3) is 0 Å². The van der Waals surface area contributed by atoms with E-state index < -0.39 is 0 Å². The lowest BCUT2D eigenvalue weighted by Gasteiger charge is -2.13. The molecule has 2 N–H and O–H groups in total. The normalized spacial score (nSPS) is 11.1. The van der Waals surface area contributed by atoms with Crippen LogP contribution < -0.4 is 15.4 Å². The number of benzene rings is 1. The van der Waals surface area contributed by atoms with Crippen molar-refractivity contribution in [3.8, 4) is 5.75 Å². The molecule has 3 aromatic rings. The lowest BCUT2D eigenvalue weighted by atomic mass is 10.1. The number of hydrogen-bond donors (Lipinski definition) is 2. The average molecular weight is 494 g/mol. The van der Waals surface area contributed by atoms with Gasteiger partial charge >= 0.3 is 0 Å². The Morgan fingerprint density at radius 2 is 1.82 bits per heavy atom.